The number of nitrogens with zero attached hydrogens (tertiary/aromatic N) is 4. The summed E-state index contributed by atoms with van der Waals surface area (Å²) >= 11 is 0. The van der Waals surface area contributed by atoms with Gasteiger partial charge in [0.05, 0.1) is 44.7 Å². The Bertz CT molecular complexity index is 2020. The predicted molar refractivity (Wildman–Crippen MR) is 215 cm³/mol. The first kappa shape index (κ1) is 38.5. The van der Waals surface area contributed by atoms with E-state index in [2.05, 4.69) is 9.80 Å². The molecule has 7 rings (SSSR count). The average Bonchev–Trinajstić information content (AvgIpc) is 3.53. The average molecular weight is 765 g/mol. The van der Waals surface area contributed by atoms with Gasteiger partial charge in [-0.25, -0.2) is 0 Å². The molecule has 0 bridgehead atoms. The number of ether oxygens (including phenoxy) is 4. The third-order valence-corrected chi connectivity index (χ3v) is 11.4. The molecule has 12 heteroatoms. The van der Waals surface area contributed by atoms with Crippen LogP contribution in [0, 0.1) is 5.92 Å². The molecule has 4 aromatic carbocycles. The SMILES string of the molecule is CCOc1ccccc1N1CCN(C(=O)CC2c3cc(OC)c(O)cc3C(c3ccc(O)c(OC)c3)C2C(=O)N2CCN(c3ccccc3OCC)CC2)CC1. The molecule has 2 aliphatic heterocycles. The zero-order valence-electron chi connectivity index (χ0n) is 32.6. The minimum absolute atomic E-state index is 0.0202. The van der Waals surface area contributed by atoms with Crippen LogP contribution < -0.4 is 28.7 Å². The molecule has 2 N–H and O–H groups in total. The number of methoxy groups -OCH3 is 2. The Labute approximate surface area is 328 Å². The van der Waals surface area contributed by atoms with E-state index in [0.29, 0.717) is 65.6 Å². The van der Waals surface area contributed by atoms with Crippen molar-refractivity contribution in [3.63, 3.8) is 0 Å². The third kappa shape index (κ3) is 7.56. The molecule has 0 radical (unpaired) electrons. The monoisotopic (exact) mass is 764 g/mol. The Morgan fingerprint density at radius 1 is 0.625 bits per heavy atom. The highest BCUT2D eigenvalue weighted by Gasteiger charge is 2.49. The summed E-state index contributed by atoms with van der Waals surface area (Å²) in [4.78, 5) is 37.9. The smallest absolute Gasteiger partial charge is 0.227 e. The number of fused-ring (bicyclic) bond motifs is 1. The maximum Gasteiger partial charge on any atom is 0.227 e. The quantitative estimate of drug-likeness (QED) is 0.182. The number of carbonyl (C=O) groups excluding carboxylic acids is 2. The molecule has 2 amide bonds. The second kappa shape index (κ2) is 16.9. The van der Waals surface area contributed by atoms with Gasteiger partial charge >= 0.3 is 0 Å². The van der Waals surface area contributed by atoms with E-state index in [9.17, 15) is 15.0 Å². The summed E-state index contributed by atoms with van der Waals surface area (Å²) in [5.41, 5.74) is 4.28. The van der Waals surface area contributed by atoms with Crippen molar-refractivity contribution in [2.24, 2.45) is 5.92 Å². The first-order valence-electron chi connectivity index (χ1n) is 19.5. The molecule has 2 fully saturated rings. The number of piperazine rings is 2. The number of amides is 2. The van der Waals surface area contributed by atoms with Gasteiger partial charge in [0.25, 0.3) is 0 Å². The summed E-state index contributed by atoms with van der Waals surface area (Å²) in [5.74, 6) is 0.283. The Morgan fingerprint density at radius 2 is 1.16 bits per heavy atom. The van der Waals surface area contributed by atoms with Crippen LogP contribution in [0.25, 0.3) is 0 Å². The van der Waals surface area contributed by atoms with Gasteiger partial charge in [0.1, 0.15) is 11.5 Å². The first-order chi connectivity index (χ1) is 27.3. The largest absolute Gasteiger partial charge is 0.504 e. The number of hydrogen-bond acceptors (Lipinski definition) is 10. The van der Waals surface area contributed by atoms with Gasteiger partial charge in [0, 0.05) is 70.6 Å². The van der Waals surface area contributed by atoms with Gasteiger partial charge in [-0.15, -0.1) is 0 Å². The van der Waals surface area contributed by atoms with Crippen LogP contribution in [0.5, 0.6) is 34.5 Å². The van der Waals surface area contributed by atoms with E-state index < -0.39 is 17.8 Å². The standard InChI is InChI=1S/C44H52N4O8/c1-5-55-37-13-9-7-11-33(37)45-17-21-47(22-18-45)41(51)28-32-30-27-40(54-4)36(50)26-31(30)42(29-15-16-35(49)39(25-29)53-3)43(32)44(52)48-23-19-46(20-24-48)34-12-8-10-14-38(34)56-6-2/h7-16,25-27,32,42-43,49-50H,5-6,17-24,28H2,1-4H3. The molecule has 0 spiro atoms. The van der Waals surface area contributed by atoms with Crippen LogP contribution in [-0.2, 0) is 9.59 Å². The van der Waals surface area contributed by atoms with Gasteiger partial charge in [-0.1, -0.05) is 30.3 Å². The maximum absolute atomic E-state index is 15.1. The van der Waals surface area contributed by atoms with E-state index in [1.54, 1.807) is 30.3 Å². The summed E-state index contributed by atoms with van der Waals surface area (Å²) in [6, 6.07) is 24.5. The highest BCUT2D eigenvalue weighted by molar-refractivity contribution is 5.87. The van der Waals surface area contributed by atoms with Gasteiger partial charge in [-0.05, 0) is 79.1 Å². The summed E-state index contributed by atoms with van der Waals surface area (Å²) in [6.07, 6.45) is 0.0975. The second-order valence-electron chi connectivity index (χ2n) is 14.4. The molecular weight excluding hydrogens is 713 g/mol. The third-order valence-electron chi connectivity index (χ3n) is 11.4. The fourth-order valence-electron chi connectivity index (χ4n) is 8.68. The van der Waals surface area contributed by atoms with Crippen molar-refractivity contribution in [1.29, 1.82) is 0 Å². The molecule has 0 saturated carbocycles. The zero-order valence-corrected chi connectivity index (χ0v) is 32.6. The lowest BCUT2D eigenvalue weighted by atomic mass is 9.79. The van der Waals surface area contributed by atoms with Gasteiger partial charge in [0.15, 0.2) is 23.0 Å². The molecule has 3 aliphatic rings. The molecule has 2 saturated heterocycles. The molecular formula is C44H52N4O8. The van der Waals surface area contributed by atoms with E-state index in [-0.39, 0.29) is 41.2 Å². The van der Waals surface area contributed by atoms with Crippen LogP contribution in [0.3, 0.4) is 0 Å². The fraction of sp³-hybridized carbons (Fsp3) is 0.409. The van der Waals surface area contributed by atoms with E-state index >= 15 is 4.79 Å². The lowest BCUT2D eigenvalue weighted by Crippen LogP contribution is -2.52. The van der Waals surface area contributed by atoms with Crippen molar-refractivity contribution >= 4 is 23.2 Å². The molecule has 12 nitrogen and oxygen atoms in total. The molecule has 3 atom stereocenters. The highest BCUT2D eigenvalue weighted by Crippen LogP contribution is 2.55. The Morgan fingerprint density at radius 3 is 1.71 bits per heavy atom. The van der Waals surface area contributed by atoms with Crippen LogP contribution in [0.2, 0.25) is 0 Å². The molecule has 3 unspecified atom stereocenters. The normalized spacial score (nSPS) is 19.4. The van der Waals surface area contributed by atoms with Crippen molar-refractivity contribution in [1.82, 2.24) is 9.80 Å². The van der Waals surface area contributed by atoms with Crippen molar-refractivity contribution in [3.05, 3.63) is 95.6 Å². The van der Waals surface area contributed by atoms with Crippen LogP contribution in [0.1, 0.15) is 48.8 Å². The Kier molecular flexibility index (Phi) is 11.6. The molecule has 0 aromatic heterocycles. The lowest BCUT2D eigenvalue weighted by Gasteiger charge is -2.40. The van der Waals surface area contributed by atoms with E-state index in [4.69, 9.17) is 18.9 Å². The minimum Gasteiger partial charge on any atom is -0.504 e. The number of hydrogen-bond donors (Lipinski definition) is 2. The molecule has 56 heavy (non-hydrogen) atoms. The van der Waals surface area contributed by atoms with Crippen LogP contribution >= 0.6 is 0 Å². The predicted octanol–water partition coefficient (Wildman–Crippen LogP) is 5.85. The number of anilines is 2. The van der Waals surface area contributed by atoms with Crippen molar-refractivity contribution in [3.8, 4) is 34.5 Å². The molecule has 296 valence electrons. The van der Waals surface area contributed by atoms with Crippen LogP contribution in [0.15, 0.2) is 78.9 Å². The zero-order chi connectivity index (χ0) is 39.3. The number of para-hydroxylation sites is 4. The van der Waals surface area contributed by atoms with Crippen molar-refractivity contribution in [2.45, 2.75) is 32.1 Å². The molecule has 2 heterocycles. The lowest BCUT2D eigenvalue weighted by molar-refractivity contribution is -0.138. The van der Waals surface area contributed by atoms with Crippen molar-refractivity contribution < 1.29 is 38.7 Å². The van der Waals surface area contributed by atoms with Crippen LogP contribution in [0.4, 0.5) is 11.4 Å². The Hall–Kier alpha value is -5.78. The second-order valence-corrected chi connectivity index (χ2v) is 14.4. The van der Waals surface area contributed by atoms with Gasteiger partial charge in [-0.2, -0.15) is 0 Å². The van der Waals surface area contributed by atoms with Crippen LogP contribution in [-0.4, -0.2) is 112 Å². The summed E-state index contributed by atoms with van der Waals surface area (Å²) < 4.78 is 22.9. The minimum atomic E-state index is -0.684. The number of phenols is 2. The number of rotatable bonds is 12. The number of aromatic hydroxyl groups is 2. The molecule has 4 aromatic rings. The van der Waals surface area contributed by atoms with Gasteiger partial charge in [0.2, 0.25) is 11.8 Å². The molecule has 1 aliphatic carbocycles. The maximum atomic E-state index is 15.1. The van der Waals surface area contributed by atoms with E-state index in [1.807, 2.05) is 72.2 Å². The highest BCUT2D eigenvalue weighted by atomic mass is 16.5. The number of benzene rings is 4. The first-order valence-corrected chi connectivity index (χ1v) is 19.5. The summed E-state index contributed by atoms with van der Waals surface area (Å²) in [7, 11) is 2.98. The van der Waals surface area contributed by atoms with Gasteiger partial charge < -0.3 is 48.8 Å². The van der Waals surface area contributed by atoms with E-state index in [1.165, 1.54) is 14.2 Å². The summed E-state index contributed by atoms with van der Waals surface area (Å²) in [5, 5.41) is 21.7. The van der Waals surface area contributed by atoms with Crippen molar-refractivity contribution in [2.75, 3.05) is 89.6 Å². The fourth-order valence-corrected chi connectivity index (χ4v) is 8.68. The Balaban J connectivity index is 1.19. The van der Waals surface area contributed by atoms with E-state index in [0.717, 1.165) is 39.6 Å². The number of phenolic OH excluding ortho intramolecular Hbond substituents is 2. The van der Waals surface area contributed by atoms with Gasteiger partial charge in [-0.3, -0.25) is 9.59 Å². The topological polar surface area (TPSA) is 124 Å². The number of carbonyl (C=O) groups is 2. The summed E-state index contributed by atoms with van der Waals surface area (Å²) in [6.45, 7) is 9.60.